The van der Waals surface area contributed by atoms with Crippen molar-refractivity contribution in [3.8, 4) is 22.4 Å². The van der Waals surface area contributed by atoms with Crippen LogP contribution in [0.3, 0.4) is 0 Å². The number of H-pyrrole nitrogens is 1. The summed E-state index contributed by atoms with van der Waals surface area (Å²) in [6.45, 7) is 3.35. The van der Waals surface area contributed by atoms with Gasteiger partial charge in [0.25, 0.3) is 5.56 Å². The van der Waals surface area contributed by atoms with E-state index in [-0.39, 0.29) is 16.9 Å². The van der Waals surface area contributed by atoms with Crippen molar-refractivity contribution in [2.24, 2.45) is 0 Å². The predicted octanol–water partition coefficient (Wildman–Crippen LogP) is 5.04. The summed E-state index contributed by atoms with van der Waals surface area (Å²) < 4.78 is 42.0. The van der Waals surface area contributed by atoms with Crippen molar-refractivity contribution >= 4 is 17.2 Å². The second-order valence-electron chi connectivity index (χ2n) is 6.63. The zero-order valence-electron chi connectivity index (χ0n) is 15.3. The number of aromatic nitrogens is 4. The van der Waals surface area contributed by atoms with Crippen molar-refractivity contribution in [1.29, 1.82) is 0 Å². The standard InChI is InChI=1S/C20H14ClF3N4O/c1-10-7-12(3-4-15(10)21)16-8-17(20(22,23)24)28-18(27-16)14(9-26-28)13-5-6-25-19(29)11(13)2/h3-9H,1-2H3,(H,25,29). The van der Waals surface area contributed by atoms with Crippen molar-refractivity contribution < 1.29 is 13.2 Å². The number of fused-ring (bicyclic) bond motifs is 1. The molecule has 0 bridgehead atoms. The lowest BCUT2D eigenvalue weighted by molar-refractivity contribution is -0.142. The topological polar surface area (TPSA) is 63.1 Å². The van der Waals surface area contributed by atoms with Crippen LogP contribution in [0.4, 0.5) is 13.2 Å². The van der Waals surface area contributed by atoms with Crippen LogP contribution in [0.25, 0.3) is 28.0 Å². The fourth-order valence-electron chi connectivity index (χ4n) is 3.15. The molecule has 0 fully saturated rings. The first-order valence-corrected chi connectivity index (χ1v) is 8.96. The van der Waals surface area contributed by atoms with E-state index in [4.69, 9.17) is 11.6 Å². The number of benzene rings is 1. The molecule has 0 radical (unpaired) electrons. The Morgan fingerprint density at radius 3 is 2.55 bits per heavy atom. The molecule has 0 aliphatic heterocycles. The molecule has 0 unspecified atom stereocenters. The van der Waals surface area contributed by atoms with E-state index in [1.165, 1.54) is 12.4 Å². The molecule has 1 N–H and O–H groups in total. The minimum absolute atomic E-state index is 0.0103. The number of nitrogens with zero attached hydrogens (tertiary/aromatic N) is 3. The van der Waals surface area contributed by atoms with Gasteiger partial charge >= 0.3 is 6.18 Å². The van der Waals surface area contributed by atoms with E-state index in [1.807, 2.05) is 0 Å². The molecule has 0 saturated carbocycles. The molecule has 0 saturated heterocycles. The molecule has 0 atom stereocenters. The summed E-state index contributed by atoms with van der Waals surface area (Å²) in [5, 5.41) is 4.41. The van der Waals surface area contributed by atoms with E-state index in [2.05, 4.69) is 15.1 Å². The molecule has 1 aromatic carbocycles. The third-order valence-corrected chi connectivity index (χ3v) is 5.14. The minimum atomic E-state index is -4.65. The Hall–Kier alpha value is -3.13. The third kappa shape index (κ3) is 3.29. The van der Waals surface area contributed by atoms with Crippen LogP contribution in [0.2, 0.25) is 5.02 Å². The Morgan fingerprint density at radius 2 is 1.86 bits per heavy atom. The molecule has 3 heterocycles. The van der Waals surface area contributed by atoms with E-state index < -0.39 is 11.9 Å². The molecule has 5 nitrogen and oxygen atoms in total. The smallest absolute Gasteiger partial charge is 0.329 e. The van der Waals surface area contributed by atoms with E-state index >= 15 is 0 Å². The molecule has 29 heavy (non-hydrogen) atoms. The Bertz CT molecular complexity index is 1310. The molecular weight excluding hydrogens is 405 g/mol. The number of aryl methyl sites for hydroxylation is 1. The van der Waals surface area contributed by atoms with Gasteiger partial charge in [-0.1, -0.05) is 17.7 Å². The largest absolute Gasteiger partial charge is 0.433 e. The molecule has 0 aliphatic rings. The van der Waals surface area contributed by atoms with Crippen LogP contribution in [0.5, 0.6) is 0 Å². The number of hydrogen-bond donors (Lipinski definition) is 1. The van der Waals surface area contributed by atoms with Crippen molar-refractivity contribution in [1.82, 2.24) is 19.6 Å². The number of rotatable bonds is 2. The van der Waals surface area contributed by atoms with Gasteiger partial charge in [-0.15, -0.1) is 0 Å². The zero-order valence-corrected chi connectivity index (χ0v) is 16.1. The third-order valence-electron chi connectivity index (χ3n) is 4.72. The second-order valence-corrected chi connectivity index (χ2v) is 7.03. The summed E-state index contributed by atoms with van der Waals surface area (Å²) in [4.78, 5) is 18.9. The summed E-state index contributed by atoms with van der Waals surface area (Å²) >= 11 is 6.04. The lowest BCUT2D eigenvalue weighted by Gasteiger charge is -2.12. The lowest BCUT2D eigenvalue weighted by atomic mass is 10.0. The van der Waals surface area contributed by atoms with E-state index in [0.717, 1.165) is 16.1 Å². The monoisotopic (exact) mass is 418 g/mol. The molecule has 4 aromatic rings. The Morgan fingerprint density at radius 1 is 1.10 bits per heavy atom. The van der Waals surface area contributed by atoms with Gasteiger partial charge in [0.05, 0.1) is 11.9 Å². The quantitative estimate of drug-likeness (QED) is 0.496. The van der Waals surface area contributed by atoms with E-state index in [0.29, 0.717) is 27.3 Å². The van der Waals surface area contributed by atoms with Crippen LogP contribution in [0.1, 0.15) is 16.8 Å². The Kier molecular flexibility index (Phi) is 4.46. The highest BCUT2D eigenvalue weighted by molar-refractivity contribution is 6.31. The molecule has 4 rings (SSSR count). The van der Waals surface area contributed by atoms with Gasteiger partial charge in [0, 0.05) is 27.9 Å². The van der Waals surface area contributed by atoms with E-state index in [9.17, 15) is 18.0 Å². The van der Waals surface area contributed by atoms with Gasteiger partial charge in [0.2, 0.25) is 0 Å². The van der Waals surface area contributed by atoms with Gasteiger partial charge in [-0.05, 0) is 49.2 Å². The summed E-state index contributed by atoms with van der Waals surface area (Å²) in [5.41, 5.74) is 1.24. The minimum Gasteiger partial charge on any atom is -0.329 e. The molecule has 0 aliphatic carbocycles. The van der Waals surface area contributed by atoms with Gasteiger partial charge in [0.15, 0.2) is 11.3 Å². The number of pyridine rings is 1. The van der Waals surface area contributed by atoms with E-state index in [1.54, 1.807) is 38.1 Å². The number of nitrogens with one attached hydrogen (secondary N) is 1. The first kappa shape index (κ1) is 19.2. The summed E-state index contributed by atoms with van der Waals surface area (Å²) in [7, 11) is 0. The SMILES string of the molecule is Cc1cc(-c2cc(C(F)(F)F)n3ncc(-c4cc[nH]c(=O)c4C)c3n2)ccc1Cl. The first-order chi connectivity index (χ1) is 13.7. The lowest BCUT2D eigenvalue weighted by Crippen LogP contribution is -2.14. The predicted molar refractivity (Wildman–Crippen MR) is 104 cm³/mol. The van der Waals surface area contributed by atoms with Crippen molar-refractivity contribution in [2.75, 3.05) is 0 Å². The zero-order chi connectivity index (χ0) is 20.9. The molecule has 148 valence electrons. The maximum absolute atomic E-state index is 13.7. The van der Waals surface area contributed by atoms with Crippen LogP contribution >= 0.6 is 11.6 Å². The highest BCUT2D eigenvalue weighted by Gasteiger charge is 2.35. The number of hydrogen-bond acceptors (Lipinski definition) is 3. The Labute approximate surface area is 167 Å². The van der Waals surface area contributed by atoms with Gasteiger partial charge in [0.1, 0.15) is 0 Å². The van der Waals surface area contributed by atoms with Crippen LogP contribution < -0.4 is 5.56 Å². The van der Waals surface area contributed by atoms with Crippen LogP contribution in [0, 0.1) is 13.8 Å². The van der Waals surface area contributed by atoms with Crippen molar-refractivity contribution in [3.05, 3.63) is 74.9 Å². The maximum atomic E-state index is 13.7. The van der Waals surface area contributed by atoms with Crippen LogP contribution in [0.15, 0.2) is 47.5 Å². The van der Waals surface area contributed by atoms with Crippen LogP contribution in [-0.2, 0) is 6.18 Å². The van der Waals surface area contributed by atoms with Crippen LogP contribution in [-0.4, -0.2) is 19.6 Å². The summed E-state index contributed by atoms with van der Waals surface area (Å²) in [5.74, 6) is 0. The fourth-order valence-corrected chi connectivity index (χ4v) is 3.27. The highest BCUT2D eigenvalue weighted by atomic mass is 35.5. The molecular formula is C20H14ClF3N4O. The molecule has 0 amide bonds. The Balaban J connectivity index is 2.05. The normalized spacial score (nSPS) is 11.9. The molecule has 0 spiro atoms. The molecule has 9 heteroatoms. The van der Waals surface area contributed by atoms with Crippen molar-refractivity contribution in [2.45, 2.75) is 20.0 Å². The fraction of sp³-hybridized carbons (Fsp3) is 0.150. The van der Waals surface area contributed by atoms with Gasteiger partial charge in [-0.3, -0.25) is 4.79 Å². The van der Waals surface area contributed by atoms with Crippen molar-refractivity contribution in [3.63, 3.8) is 0 Å². The molecule has 3 aromatic heterocycles. The summed E-state index contributed by atoms with van der Waals surface area (Å²) in [6.07, 6.45) is -1.93. The first-order valence-electron chi connectivity index (χ1n) is 8.58. The highest BCUT2D eigenvalue weighted by Crippen LogP contribution is 2.35. The van der Waals surface area contributed by atoms with Gasteiger partial charge in [-0.25, -0.2) is 9.50 Å². The van der Waals surface area contributed by atoms with Gasteiger partial charge in [-0.2, -0.15) is 18.3 Å². The summed E-state index contributed by atoms with van der Waals surface area (Å²) in [6, 6.07) is 7.47. The number of halogens is 4. The average Bonchev–Trinajstić information content (AvgIpc) is 3.08. The second kappa shape index (κ2) is 6.73. The number of aromatic amines is 1. The maximum Gasteiger partial charge on any atom is 0.433 e. The van der Waals surface area contributed by atoms with Gasteiger partial charge < -0.3 is 4.98 Å². The average molecular weight is 419 g/mol. The number of alkyl halides is 3.